The number of aromatic nitrogens is 2. The van der Waals surface area contributed by atoms with E-state index in [1.54, 1.807) is 0 Å². The van der Waals surface area contributed by atoms with E-state index < -0.39 is 11.4 Å². The molecule has 17 heavy (non-hydrogen) atoms. The zero-order valence-corrected chi connectivity index (χ0v) is 10.7. The van der Waals surface area contributed by atoms with Crippen molar-refractivity contribution >= 4 is 5.91 Å². The standard InChI is InChI=1S/C12H20N4O/c1-7-8(2)15-16(9(7)3)6-12(14,11(13)17)10-4-5-10/h10H,4-6,14H2,1-3H3,(H2,13,17). The Morgan fingerprint density at radius 1 is 1.47 bits per heavy atom. The molecule has 1 aliphatic carbocycles. The molecule has 2 rings (SSSR count). The minimum Gasteiger partial charge on any atom is -0.368 e. The molecule has 1 amide bonds. The summed E-state index contributed by atoms with van der Waals surface area (Å²) >= 11 is 0. The van der Waals surface area contributed by atoms with Crippen LogP contribution in [-0.2, 0) is 11.3 Å². The van der Waals surface area contributed by atoms with Crippen molar-refractivity contribution in [1.29, 1.82) is 0 Å². The molecular weight excluding hydrogens is 216 g/mol. The van der Waals surface area contributed by atoms with E-state index in [4.69, 9.17) is 11.5 Å². The van der Waals surface area contributed by atoms with Crippen LogP contribution in [0.4, 0.5) is 0 Å². The van der Waals surface area contributed by atoms with Gasteiger partial charge in [0.05, 0.1) is 12.2 Å². The third-order valence-electron chi connectivity index (χ3n) is 3.92. The van der Waals surface area contributed by atoms with Gasteiger partial charge in [0.2, 0.25) is 5.91 Å². The Balaban J connectivity index is 2.29. The fourth-order valence-corrected chi connectivity index (χ4v) is 2.19. The first-order chi connectivity index (χ1) is 7.86. The van der Waals surface area contributed by atoms with Crippen LogP contribution in [0.5, 0.6) is 0 Å². The van der Waals surface area contributed by atoms with Crippen LogP contribution >= 0.6 is 0 Å². The highest BCUT2D eigenvalue weighted by Crippen LogP contribution is 2.39. The Kier molecular flexibility index (Phi) is 2.73. The van der Waals surface area contributed by atoms with Gasteiger partial charge >= 0.3 is 0 Å². The molecule has 1 unspecified atom stereocenters. The number of nitrogens with two attached hydrogens (primary N) is 2. The highest BCUT2D eigenvalue weighted by molar-refractivity contribution is 5.85. The van der Waals surface area contributed by atoms with E-state index in [9.17, 15) is 4.79 Å². The van der Waals surface area contributed by atoms with E-state index in [0.717, 1.165) is 29.8 Å². The van der Waals surface area contributed by atoms with Crippen LogP contribution < -0.4 is 11.5 Å². The summed E-state index contributed by atoms with van der Waals surface area (Å²) in [6.07, 6.45) is 1.97. The number of aryl methyl sites for hydroxylation is 1. The highest BCUT2D eigenvalue weighted by atomic mass is 16.1. The lowest BCUT2D eigenvalue weighted by Gasteiger charge is -2.26. The van der Waals surface area contributed by atoms with Crippen molar-refractivity contribution in [3.8, 4) is 0 Å². The number of hydrogen-bond donors (Lipinski definition) is 2. The molecule has 5 nitrogen and oxygen atoms in total. The van der Waals surface area contributed by atoms with E-state index in [0.29, 0.717) is 6.54 Å². The quantitative estimate of drug-likeness (QED) is 0.793. The zero-order valence-electron chi connectivity index (χ0n) is 10.7. The number of carbonyl (C=O) groups is 1. The molecular formula is C12H20N4O. The van der Waals surface area contributed by atoms with Gasteiger partial charge in [-0.15, -0.1) is 0 Å². The number of nitrogens with zero attached hydrogens (tertiary/aromatic N) is 2. The van der Waals surface area contributed by atoms with Crippen LogP contribution in [0.3, 0.4) is 0 Å². The van der Waals surface area contributed by atoms with Crippen molar-refractivity contribution < 1.29 is 4.79 Å². The lowest BCUT2D eigenvalue weighted by Crippen LogP contribution is -2.57. The topological polar surface area (TPSA) is 86.9 Å². The van der Waals surface area contributed by atoms with Crippen molar-refractivity contribution in [3.63, 3.8) is 0 Å². The normalized spacial score (nSPS) is 19.1. The average Bonchev–Trinajstić information content (AvgIpc) is 3.06. The Morgan fingerprint density at radius 3 is 2.41 bits per heavy atom. The van der Waals surface area contributed by atoms with E-state index in [1.807, 2.05) is 25.5 Å². The monoisotopic (exact) mass is 236 g/mol. The second-order valence-corrected chi connectivity index (χ2v) is 5.13. The molecule has 4 N–H and O–H groups in total. The first-order valence-electron chi connectivity index (χ1n) is 5.95. The number of primary amides is 1. The Hall–Kier alpha value is -1.36. The molecule has 0 radical (unpaired) electrons. The van der Waals surface area contributed by atoms with Crippen molar-refractivity contribution in [2.45, 2.75) is 45.7 Å². The SMILES string of the molecule is Cc1nn(CC(N)(C(N)=O)C2CC2)c(C)c1C. The highest BCUT2D eigenvalue weighted by Gasteiger charge is 2.47. The smallest absolute Gasteiger partial charge is 0.239 e. The Bertz CT molecular complexity index is 461. The summed E-state index contributed by atoms with van der Waals surface area (Å²) in [5, 5.41) is 4.42. The fraction of sp³-hybridized carbons (Fsp3) is 0.667. The molecule has 94 valence electrons. The van der Waals surface area contributed by atoms with Gasteiger partial charge in [0.25, 0.3) is 0 Å². The van der Waals surface area contributed by atoms with Crippen LogP contribution in [0.15, 0.2) is 0 Å². The van der Waals surface area contributed by atoms with Gasteiger partial charge < -0.3 is 11.5 Å². The summed E-state index contributed by atoms with van der Waals surface area (Å²) in [6, 6.07) is 0. The van der Waals surface area contributed by atoms with E-state index >= 15 is 0 Å². The third kappa shape index (κ3) is 1.95. The first kappa shape index (κ1) is 12.1. The maximum Gasteiger partial charge on any atom is 0.239 e. The molecule has 0 aliphatic heterocycles. The van der Waals surface area contributed by atoms with Gasteiger partial charge in [0.1, 0.15) is 5.54 Å². The maximum absolute atomic E-state index is 11.6. The molecule has 1 heterocycles. The van der Waals surface area contributed by atoms with Crippen LogP contribution in [0.1, 0.15) is 29.8 Å². The minimum atomic E-state index is -0.949. The largest absolute Gasteiger partial charge is 0.368 e. The lowest BCUT2D eigenvalue weighted by atomic mass is 9.93. The van der Waals surface area contributed by atoms with Crippen molar-refractivity contribution in [2.24, 2.45) is 17.4 Å². The van der Waals surface area contributed by atoms with Gasteiger partial charge in [0, 0.05) is 5.69 Å². The van der Waals surface area contributed by atoms with Crippen LogP contribution in [0.25, 0.3) is 0 Å². The number of amides is 1. The predicted octanol–water partition coefficient (Wildman–Crippen LogP) is 0.401. The maximum atomic E-state index is 11.6. The van der Waals surface area contributed by atoms with Gasteiger partial charge in [0.15, 0.2) is 0 Å². The molecule has 0 bridgehead atoms. The molecule has 1 aromatic heterocycles. The van der Waals surface area contributed by atoms with Crippen LogP contribution in [-0.4, -0.2) is 21.2 Å². The van der Waals surface area contributed by atoms with Gasteiger partial charge in [-0.25, -0.2) is 0 Å². The van der Waals surface area contributed by atoms with Gasteiger partial charge in [-0.3, -0.25) is 9.48 Å². The summed E-state index contributed by atoms with van der Waals surface area (Å²) in [7, 11) is 0. The molecule has 1 aromatic rings. The van der Waals surface area contributed by atoms with Crippen molar-refractivity contribution in [1.82, 2.24) is 9.78 Å². The summed E-state index contributed by atoms with van der Waals surface area (Å²) < 4.78 is 1.81. The Labute approximate surface area is 101 Å². The van der Waals surface area contributed by atoms with E-state index in [-0.39, 0.29) is 5.92 Å². The third-order valence-corrected chi connectivity index (χ3v) is 3.92. The van der Waals surface area contributed by atoms with Crippen molar-refractivity contribution in [3.05, 3.63) is 17.0 Å². The van der Waals surface area contributed by atoms with Gasteiger partial charge in [-0.1, -0.05) is 0 Å². The van der Waals surface area contributed by atoms with E-state index in [1.165, 1.54) is 0 Å². The van der Waals surface area contributed by atoms with Crippen LogP contribution in [0, 0.1) is 26.7 Å². The second kappa shape index (κ2) is 3.84. The molecule has 1 saturated carbocycles. The molecule has 0 saturated heterocycles. The first-order valence-corrected chi connectivity index (χ1v) is 5.95. The molecule has 1 fully saturated rings. The molecule has 1 aliphatic rings. The van der Waals surface area contributed by atoms with E-state index in [2.05, 4.69) is 5.10 Å². The van der Waals surface area contributed by atoms with Crippen LogP contribution in [0.2, 0.25) is 0 Å². The Morgan fingerprint density at radius 2 is 2.06 bits per heavy atom. The molecule has 1 atom stereocenters. The summed E-state index contributed by atoms with van der Waals surface area (Å²) in [4.78, 5) is 11.6. The molecule has 0 spiro atoms. The molecule has 5 heteroatoms. The zero-order chi connectivity index (χ0) is 12.8. The van der Waals surface area contributed by atoms with Gasteiger partial charge in [-0.2, -0.15) is 5.10 Å². The molecule has 0 aromatic carbocycles. The summed E-state index contributed by atoms with van der Waals surface area (Å²) in [6.45, 7) is 6.35. The predicted molar refractivity (Wildman–Crippen MR) is 65.3 cm³/mol. The summed E-state index contributed by atoms with van der Waals surface area (Å²) in [5.41, 5.74) is 13.8. The average molecular weight is 236 g/mol. The van der Waals surface area contributed by atoms with Gasteiger partial charge in [-0.05, 0) is 45.1 Å². The van der Waals surface area contributed by atoms with Crippen molar-refractivity contribution in [2.75, 3.05) is 0 Å². The number of rotatable bonds is 4. The lowest BCUT2D eigenvalue weighted by molar-refractivity contribution is -0.124. The second-order valence-electron chi connectivity index (χ2n) is 5.13. The summed E-state index contributed by atoms with van der Waals surface area (Å²) in [5.74, 6) is -0.214. The number of hydrogen-bond acceptors (Lipinski definition) is 3. The minimum absolute atomic E-state index is 0.212. The fourth-order valence-electron chi connectivity index (χ4n) is 2.19. The number of carbonyl (C=O) groups excluding carboxylic acids is 1.